The lowest BCUT2D eigenvalue weighted by molar-refractivity contribution is 0.845. The topological polar surface area (TPSA) is 41.6 Å². The number of thioether (sulfide) groups is 1. The van der Waals surface area contributed by atoms with Crippen LogP contribution in [0.5, 0.6) is 0 Å². The molecule has 1 aromatic heterocycles. The van der Waals surface area contributed by atoms with E-state index < -0.39 is 0 Å². The summed E-state index contributed by atoms with van der Waals surface area (Å²) in [4.78, 5) is 5.91. The lowest BCUT2D eigenvalue weighted by atomic mass is 10.0. The van der Waals surface area contributed by atoms with Crippen molar-refractivity contribution in [2.24, 2.45) is 7.05 Å². The van der Waals surface area contributed by atoms with Gasteiger partial charge in [0.25, 0.3) is 0 Å². The first-order valence-corrected chi connectivity index (χ1v) is 7.39. The summed E-state index contributed by atoms with van der Waals surface area (Å²) in [6.45, 7) is 1.93. The Bertz CT molecular complexity index is 679. The van der Waals surface area contributed by atoms with Gasteiger partial charge in [0.2, 0.25) is 0 Å². The molecule has 2 aromatic rings. The van der Waals surface area contributed by atoms with E-state index in [4.69, 9.17) is 0 Å². The first-order valence-electron chi connectivity index (χ1n) is 6.40. The molecule has 0 radical (unpaired) electrons. The van der Waals surface area contributed by atoms with E-state index in [1.807, 2.05) is 30.3 Å². The standard InChI is InChI=1S/C15H15N3S/c1-10-17-15(13(9-16)18(10)2)12-5-6-14-11(8-12)4-3-7-19-14/h5-6,8H,3-4,7H2,1-2H3. The molecule has 1 aromatic carbocycles. The Kier molecular flexibility index (Phi) is 3.08. The molecule has 0 amide bonds. The molecule has 0 bridgehead atoms. The molecular formula is C15H15N3S. The van der Waals surface area contributed by atoms with E-state index in [-0.39, 0.29) is 0 Å². The monoisotopic (exact) mass is 269 g/mol. The minimum absolute atomic E-state index is 0.640. The molecule has 3 nitrogen and oxygen atoms in total. The van der Waals surface area contributed by atoms with Crippen molar-refractivity contribution in [2.45, 2.75) is 24.7 Å². The largest absolute Gasteiger partial charge is 0.323 e. The zero-order valence-electron chi connectivity index (χ0n) is 11.1. The van der Waals surface area contributed by atoms with Crippen LogP contribution in [-0.2, 0) is 13.5 Å². The lowest BCUT2D eigenvalue weighted by Crippen LogP contribution is -1.99. The quantitative estimate of drug-likeness (QED) is 0.797. The number of hydrogen-bond donors (Lipinski definition) is 0. The average molecular weight is 269 g/mol. The van der Waals surface area contributed by atoms with Crippen LogP contribution in [0.4, 0.5) is 0 Å². The van der Waals surface area contributed by atoms with Gasteiger partial charge in [-0.1, -0.05) is 6.07 Å². The van der Waals surface area contributed by atoms with Gasteiger partial charge in [0.05, 0.1) is 0 Å². The van der Waals surface area contributed by atoms with Crippen molar-refractivity contribution in [3.8, 4) is 17.3 Å². The third-order valence-electron chi connectivity index (χ3n) is 3.61. The third kappa shape index (κ3) is 2.04. The maximum atomic E-state index is 9.30. The van der Waals surface area contributed by atoms with Crippen LogP contribution < -0.4 is 0 Å². The fourth-order valence-electron chi connectivity index (χ4n) is 2.45. The molecule has 1 aliphatic heterocycles. The van der Waals surface area contributed by atoms with Gasteiger partial charge in [-0.3, -0.25) is 0 Å². The van der Waals surface area contributed by atoms with Crippen molar-refractivity contribution in [1.82, 2.24) is 9.55 Å². The summed E-state index contributed by atoms with van der Waals surface area (Å²) >= 11 is 1.92. The summed E-state index contributed by atoms with van der Waals surface area (Å²) in [6, 6.07) is 8.71. The molecule has 0 saturated heterocycles. The maximum absolute atomic E-state index is 9.30. The second-order valence-corrected chi connectivity index (χ2v) is 5.94. The number of nitrogens with zero attached hydrogens (tertiary/aromatic N) is 3. The number of fused-ring (bicyclic) bond motifs is 1. The van der Waals surface area contributed by atoms with Gasteiger partial charge in [-0.15, -0.1) is 11.8 Å². The zero-order chi connectivity index (χ0) is 13.4. The van der Waals surface area contributed by atoms with Crippen LogP contribution in [0, 0.1) is 18.3 Å². The predicted molar refractivity (Wildman–Crippen MR) is 77.1 cm³/mol. The van der Waals surface area contributed by atoms with Crippen LogP contribution in [0.25, 0.3) is 11.3 Å². The summed E-state index contributed by atoms with van der Waals surface area (Å²) < 4.78 is 1.85. The third-order valence-corrected chi connectivity index (χ3v) is 4.81. The molecule has 96 valence electrons. The molecule has 3 rings (SSSR count). The van der Waals surface area contributed by atoms with Crippen LogP contribution in [0.2, 0.25) is 0 Å². The summed E-state index contributed by atoms with van der Waals surface area (Å²) in [6.07, 6.45) is 2.36. The summed E-state index contributed by atoms with van der Waals surface area (Å²) in [7, 11) is 1.89. The molecule has 0 spiro atoms. The number of rotatable bonds is 1. The summed E-state index contributed by atoms with van der Waals surface area (Å²) in [5.41, 5.74) is 3.89. The summed E-state index contributed by atoms with van der Waals surface area (Å²) in [5, 5.41) is 9.30. The molecule has 1 aliphatic rings. The van der Waals surface area contributed by atoms with E-state index in [9.17, 15) is 5.26 Å². The number of aromatic nitrogens is 2. The molecule has 0 fully saturated rings. The molecule has 0 N–H and O–H groups in total. The van der Waals surface area contributed by atoms with Crippen LogP contribution in [0.15, 0.2) is 23.1 Å². The van der Waals surface area contributed by atoms with E-state index in [2.05, 4.69) is 29.3 Å². The number of nitriles is 1. The number of imidazole rings is 1. The van der Waals surface area contributed by atoms with Gasteiger partial charge in [-0.25, -0.2) is 4.98 Å². The van der Waals surface area contributed by atoms with Gasteiger partial charge in [0.15, 0.2) is 0 Å². The first kappa shape index (κ1) is 12.3. The van der Waals surface area contributed by atoms with Crippen molar-refractivity contribution < 1.29 is 0 Å². The van der Waals surface area contributed by atoms with E-state index in [0.717, 1.165) is 23.5 Å². The van der Waals surface area contributed by atoms with E-state index in [0.29, 0.717) is 5.69 Å². The fourth-order valence-corrected chi connectivity index (χ4v) is 3.47. The Morgan fingerprint density at radius 3 is 3.05 bits per heavy atom. The van der Waals surface area contributed by atoms with Crippen LogP contribution in [0.1, 0.15) is 23.5 Å². The number of aryl methyl sites for hydroxylation is 2. The Hall–Kier alpha value is -1.73. The number of benzene rings is 1. The number of hydrogen-bond acceptors (Lipinski definition) is 3. The Morgan fingerprint density at radius 1 is 1.42 bits per heavy atom. The molecule has 0 unspecified atom stereocenters. The Labute approximate surface area is 117 Å². The highest BCUT2D eigenvalue weighted by atomic mass is 32.2. The average Bonchev–Trinajstić information content (AvgIpc) is 2.74. The minimum Gasteiger partial charge on any atom is -0.323 e. The fraction of sp³-hybridized carbons (Fsp3) is 0.333. The zero-order valence-corrected chi connectivity index (χ0v) is 11.9. The molecule has 4 heteroatoms. The molecule has 0 atom stereocenters. The van der Waals surface area contributed by atoms with Gasteiger partial charge >= 0.3 is 0 Å². The van der Waals surface area contributed by atoms with Gasteiger partial charge in [0, 0.05) is 17.5 Å². The van der Waals surface area contributed by atoms with Gasteiger partial charge < -0.3 is 4.57 Å². The summed E-state index contributed by atoms with van der Waals surface area (Å²) in [5.74, 6) is 2.08. The minimum atomic E-state index is 0.640. The highest BCUT2D eigenvalue weighted by Gasteiger charge is 2.16. The van der Waals surface area contributed by atoms with E-state index in [1.54, 1.807) is 0 Å². The van der Waals surface area contributed by atoms with E-state index >= 15 is 0 Å². The van der Waals surface area contributed by atoms with Crippen molar-refractivity contribution in [1.29, 1.82) is 5.26 Å². The normalized spacial score (nSPS) is 13.9. The molecule has 2 heterocycles. The second-order valence-electron chi connectivity index (χ2n) is 4.80. The SMILES string of the molecule is Cc1nc(-c2ccc3c(c2)CCCS3)c(C#N)n1C. The molecule has 0 saturated carbocycles. The van der Waals surface area contributed by atoms with Gasteiger partial charge in [0.1, 0.15) is 23.3 Å². The Morgan fingerprint density at radius 2 is 2.26 bits per heavy atom. The molecule has 19 heavy (non-hydrogen) atoms. The van der Waals surface area contributed by atoms with Crippen molar-refractivity contribution >= 4 is 11.8 Å². The van der Waals surface area contributed by atoms with Gasteiger partial charge in [-0.05, 0) is 43.2 Å². The Balaban J connectivity index is 2.13. The lowest BCUT2D eigenvalue weighted by Gasteiger charge is -2.15. The van der Waals surface area contributed by atoms with Crippen molar-refractivity contribution in [2.75, 3.05) is 5.75 Å². The van der Waals surface area contributed by atoms with Crippen LogP contribution in [-0.4, -0.2) is 15.3 Å². The first-order chi connectivity index (χ1) is 9.20. The van der Waals surface area contributed by atoms with Crippen LogP contribution in [0.3, 0.4) is 0 Å². The maximum Gasteiger partial charge on any atom is 0.147 e. The molecule has 0 aliphatic carbocycles. The smallest absolute Gasteiger partial charge is 0.147 e. The molecular weight excluding hydrogens is 254 g/mol. The predicted octanol–water partition coefficient (Wildman–Crippen LogP) is 3.31. The van der Waals surface area contributed by atoms with Crippen molar-refractivity contribution in [3.05, 3.63) is 35.3 Å². The van der Waals surface area contributed by atoms with Crippen LogP contribution >= 0.6 is 11.8 Å². The second kappa shape index (κ2) is 4.75. The van der Waals surface area contributed by atoms with Gasteiger partial charge in [-0.2, -0.15) is 5.26 Å². The highest BCUT2D eigenvalue weighted by Crippen LogP contribution is 2.33. The highest BCUT2D eigenvalue weighted by molar-refractivity contribution is 7.99. The van der Waals surface area contributed by atoms with Crippen molar-refractivity contribution in [3.63, 3.8) is 0 Å². The van der Waals surface area contributed by atoms with E-state index in [1.165, 1.54) is 22.6 Å².